The second kappa shape index (κ2) is 4.03. The molecule has 1 aliphatic carbocycles. The molecule has 3 nitrogen and oxygen atoms in total. The van der Waals surface area contributed by atoms with Crippen LogP contribution in [0, 0.1) is 17.2 Å². The van der Waals surface area contributed by atoms with Gasteiger partial charge in [0.2, 0.25) is 0 Å². The van der Waals surface area contributed by atoms with Gasteiger partial charge >= 0.3 is 0 Å². The molecule has 1 fully saturated rings. The topological polar surface area (TPSA) is 50.1 Å². The quantitative estimate of drug-likeness (QED) is 0.614. The molecule has 4 atom stereocenters. The van der Waals surface area contributed by atoms with Crippen LogP contribution in [0.25, 0.3) is 0 Å². The second-order valence-corrected chi connectivity index (χ2v) is 4.98. The highest BCUT2D eigenvalue weighted by Gasteiger charge is 2.44. The molecule has 80 valence electrons. The fourth-order valence-corrected chi connectivity index (χ4v) is 2.98. The number of fused-ring (bicyclic) bond motifs is 1. The highest BCUT2D eigenvalue weighted by Crippen LogP contribution is 2.37. The molecule has 0 saturated heterocycles. The molecule has 0 aromatic heterocycles. The predicted molar refractivity (Wildman–Crippen MR) is 55.6 cm³/mol. The van der Waals surface area contributed by atoms with E-state index in [0.29, 0.717) is 12.8 Å². The van der Waals surface area contributed by atoms with Crippen molar-refractivity contribution in [2.75, 3.05) is 0 Å². The second-order valence-electron chi connectivity index (χ2n) is 3.80. The minimum absolute atomic E-state index is 0.0610. The Morgan fingerprint density at radius 3 is 2.87 bits per heavy atom. The summed E-state index contributed by atoms with van der Waals surface area (Å²) in [6.07, 6.45) is 2.06. The first-order chi connectivity index (χ1) is 7.13. The van der Waals surface area contributed by atoms with E-state index in [1.165, 1.54) is 6.26 Å². The van der Waals surface area contributed by atoms with Crippen LogP contribution < -0.4 is 0 Å². The predicted octanol–water partition coefficient (Wildman–Crippen LogP) is 1.99. The summed E-state index contributed by atoms with van der Waals surface area (Å²) in [5.74, 6) is -0.548. The molecule has 0 radical (unpaired) electrons. The molecule has 1 aliphatic heterocycles. The maximum Gasteiger partial charge on any atom is 0.183 e. The smallest absolute Gasteiger partial charge is 0.183 e. The van der Waals surface area contributed by atoms with Crippen LogP contribution in [0.3, 0.4) is 0 Å². The van der Waals surface area contributed by atoms with E-state index in [4.69, 9.17) is 33.2 Å². The minimum Gasteiger partial charge on any atom is -0.494 e. The molecule has 1 saturated carbocycles. The Hall–Kier alpha value is -0.720. The number of ketones is 1. The zero-order valence-electron chi connectivity index (χ0n) is 7.82. The van der Waals surface area contributed by atoms with Crippen LogP contribution in [0.15, 0.2) is 11.8 Å². The van der Waals surface area contributed by atoms with Gasteiger partial charge in [-0.25, -0.2) is 0 Å². The minimum atomic E-state index is -0.358. The molecule has 4 unspecified atom stereocenters. The Balaban J connectivity index is 2.26. The number of carbonyl (C=O) groups is 1. The first-order valence-electron chi connectivity index (χ1n) is 4.71. The highest BCUT2D eigenvalue weighted by molar-refractivity contribution is 6.24. The summed E-state index contributed by atoms with van der Waals surface area (Å²) in [6, 6.07) is 1.82. The summed E-state index contributed by atoms with van der Waals surface area (Å²) in [7, 11) is 0. The number of nitriles is 1. The average molecular weight is 246 g/mol. The number of rotatable bonds is 0. The van der Waals surface area contributed by atoms with Crippen LogP contribution in [0.1, 0.15) is 12.8 Å². The van der Waals surface area contributed by atoms with Crippen LogP contribution in [0.4, 0.5) is 0 Å². The third kappa shape index (κ3) is 1.84. The molecule has 0 spiro atoms. The Labute approximate surface area is 97.6 Å². The summed E-state index contributed by atoms with van der Waals surface area (Å²) in [5, 5.41) is 8.33. The summed E-state index contributed by atoms with van der Waals surface area (Å²) < 4.78 is 5.32. The van der Waals surface area contributed by atoms with Gasteiger partial charge in [-0.2, -0.15) is 5.26 Å². The van der Waals surface area contributed by atoms with Crippen LogP contribution in [0.5, 0.6) is 0 Å². The Morgan fingerprint density at radius 1 is 1.47 bits per heavy atom. The third-order valence-electron chi connectivity index (χ3n) is 2.81. The standard InChI is InChI=1S/C10H9Cl2NO2/c11-6-1-7-9(14)5(3-13)4-15-10(7)8(12)2-6/h4,6-8,10H,1-2H2. The zero-order valence-corrected chi connectivity index (χ0v) is 9.33. The normalized spacial score (nSPS) is 39.8. The molecule has 0 aromatic carbocycles. The lowest BCUT2D eigenvalue weighted by Crippen LogP contribution is -2.46. The molecular weight excluding hydrogens is 237 g/mol. The van der Waals surface area contributed by atoms with Gasteiger partial charge in [0.25, 0.3) is 0 Å². The molecule has 1 heterocycles. The van der Waals surface area contributed by atoms with Crippen LogP contribution in [0.2, 0.25) is 0 Å². The lowest BCUT2D eigenvalue weighted by molar-refractivity contribution is -0.126. The van der Waals surface area contributed by atoms with Gasteiger partial charge in [-0.1, -0.05) is 0 Å². The Morgan fingerprint density at radius 2 is 2.20 bits per heavy atom. The molecule has 15 heavy (non-hydrogen) atoms. The Bertz CT molecular complexity index is 361. The van der Waals surface area contributed by atoms with Crippen molar-refractivity contribution in [2.45, 2.75) is 29.7 Å². The van der Waals surface area contributed by atoms with E-state index in [1.807, 2.05) is 6.07 Å². The van der Waals surface area contributed by atoms with Crippen LogP contribution in [-0.2, 0) is 9.53 Å². The van der Waals surface area contributed by atoms with Crippen LogP contribution in [-0.4, -0.2) is 22.6 Å². The molecule has 0 aromatic rings. The maximum atomic E-state index is 11.8. The molecular formula is C10H9Cl2NO2. The van der Waals surface area contributed by atoms with Gasteiger partial charge < -0.3 is 4.74 Å². The van der Waals surface area contributed by atoms with Crippen molar-refractivity contribution in [3.05, 3.63) is 11.8 Å². The van der Waals surface area contributed by atoms with Crippen molar-refractivity contribution in [3.63, 3.8) is 0 Å². The molecule has 2 aliphatic rings. The van der Waals surface area contributed by atoms with Gasteiger partial charge in [-0.05, 0) is 12.8 Å². The largest absolute Gasteiger partial charge is 0.494 e. The monoisotopic (exact) mass is 245 g/mol. The number of halogens is 2. The summed E-state index contributed by atoms with van der Waals surface area (Å²) in [4.78, 5) is 11.8. The molecule has 0 N–H and O–H groups in total. The van der Waals surface area contributed by atoms with Crippen molar-refractivity contribution < 1.29 is 9.53 Å². The number of hydrogen-bond acceptors (Lipinski definition) is 3. The van der Waals surface area contributed by atoms with Crippen molar-refractivity contribution in [1.29, 1.82) is 5.26 Å². The van der Waals surface area contributed by atoms with Gasteiger partial charge in [0.1, 0.15) is 24.0 Å². The van der Waals surface area contributed by atoms with E-state index < -0.39 is 0 Å². The van der Waals surface area contributed by atoms with Crippen molar-refractivity contribution in [3.8, 4) is 6.07 Å². The number of alkyl halides is 2. The zero-order chi connectivity index (χ0) is 11.0. The Kier molecular flexibility index (Phi) is 2.90. The third-order valence-corrected chi connectivity index (χ3v) is 3.59. The number of carbonyl (C=O) groups excluding carboxylic acids is 1. The SMILES string of the molecule is N#CC1=COC2C(Cl)CC(Cl)CC2C1=O. The number of allylic oxidation sites excluding steroid dienone is 1. The van der Waals surface area contributed by atoms with Gasteiger partial charge in [0, 0.05) is 5.38 Å². The average Bonchev–Trinajstić information content (AvgIpc) is 2.19. The van der Waals surface area contributed by atoms with Gasteiger partial charge in [0.15, 0.2) is 5.78 Å². The molecule has 5 heteroatoms. The van der Waals surface area contributed by atoms with E-state index in [0.717, 1.165) is 0 Å². The lowest BCUT2D eigenvalue weighted by Gasteiger charge is -2.37. The fourth-order valence-electron chi connectivity index (χ4n) is 2.06. The molecule has 2 rings (SSSR count). The first kappa shape index (κ1) is 10.8. The number of Topliss-reactive ketones (excluding diaryl/α,β-unsaturated/α-hetero) is 1. The fraction of sp³-hybridized carbons (Fsp3) is 0.600. The number of ether oxygens (including phenoxy) is 1. The van der Waals surface area contributed by atoms with Crippen molar-refractivity contribution in [1.82, 2.24) is 0 Å². The van der Waals surface area contributed by atoms with Gasteiger partial charge in [-0.15, -0.1) is 23.2 Å². The highest BCUT2D eigenvalue weighted by atomic mass is 35.5. The van der Waals surface area contributed by atoms with E-state index in [-0.39, 0.29) is 34.1 Å². The van der Waals surface area contributed by atoms with E-state index in [1.54, 1.807) is 0 Å². The molecule has 0 bridgehead atoms. The van der Waals surface area contributed by atoms with Gasteiger partial charge in [-0.3, -0.25) is 4.79 Å². The molecule has 0 amide bonds. The summed E-state index contributed by atoms with van der Waals surface area (Å²) >= 11 is 12.1. The summed E-state index contributed by atoms with van der Waals surface area (Å²) in [6.45, 7) is 0. The number of nitrogens with zero attached hydrogens (tertiary/aromatic N) is 1. The number of hydrogen-bond donors (Lipinski definition) is 0. The van der Waals surface area contributed by atoms with E-state index in [2.05, 4.69) is 0 Å². The van der Waals surface area contributed by atoms with E-state index in [9.17, 15) is 4.79 Å². The van der Waals surface area contributed by atoms with Gasteiger partial charge in [0.05, 0.1) is 11.3 Å². The summed E-state index contributed by atoms with van der Waals surface area (Å²) in [5.41, 5.74) is 0.0610. The lowest BCUT2D eigenvalue weighted by atomic mass is 9.80. The van der Waals surface area contributed by atoms with Crippen molar-refractivity contribution in [2.24, 2.45) is 5.92 Å². The van der Waals surface area contributed by atoms with Crippen LogP contribution >= 0.6 is 23.2 Å². The first-order valence-corrected chi connectivity index (χ1v) is 5.59. The van der Waals surface area contributed by atoms with Crippen molar-refractivity contribution >= 4 is 29.0 Å². The van der Waals surface area contributed by atoms with E-state index >= 15 is 0 Å². The maximum absolute atomic E-state index is 11.8.